The van der Waals surface area contributed by atoms with Crippen molar-refractivity contribution < 1.29 is 4.79 Å². The molecule has 1 fully saturated rings. The van der Waals surface area contributed by atoms with Crippen LogP contribution in [0.5, 0.6) is 0 Å². The fourth-order valence-electron chi connectivity index (χ4n) is 3.39. The highest BCUT2D eigenvalue weighted by atomic mass is 16.2. The van der Waals surface area contributed by atoms with Gasteiger partial charge in [0, 0.05) is 12.1 Å². The summed E-state index contributed by atoms with van der Waals surface area (Å²) in [5, 5.41) is 7.20. The van der Waals surface area contributed by atoms with Crippen molar-refractivity contribution >= 4 is 5.91 Å². The lowest BCUT2D eigenvalue weighted by atomic mass is 9.76. The van der Waals surface area contributed by atoms with Crippen LogP contribution in [0.2, 0.25) is 0 Å². The van der Waals surface area contributed by atoms with Gasteiger partial charge in [-0.3, -0.25) is 9.59 Å². The molecule has 2 unspecified atom stereocenters. The van der Waals surface area contributed by atoms with E-state index in [2.05, 4.69) is 31.2 Å². The average molecular weight is 319 g/mol. The fraction of sp³-hybridized carbons (Fsp3) is 0.722. The summed E-state index contributed by atoms with van der Waals surface area (Å²) in [6, 6.07) is 3.33. The van der Waals surface area contributed by atoms with Gasteiger partial charge in [0.15, 0.2) is 0 Å². The highest BCUT2D eigenvalue weighted by Crippen LogP contribution is 2.36. The minimum atomic E-state index is -0.237. The summed E-state index contributed by atoms with van der Waals surface area (Å²) in [6.45, 7) is 8.71. The van der Waals surface area contributed by atoms with Gasteiger partial charge in [-0.2, -0.15) is 5.10 Å². The summed E-state index contributed by atoms with van der Waals surface area (Å²) in [7, 11) is 0. The first-order chi connectivity index (χ1) is 10.8. The van der Waals surface area contributed by atoms with Crippen LogP contribution in [0.15, 0.2) is 16.9 Å². The van der Waals surface area contributed by atoms with Gasteiger partial charge in [-0.05, 0) is 50.0 Å². The van der Waals surface area contributed by atoms with Crippen LogP contribution in [-0.4, -0.2) is 21.7 Å². The van der Waals surface area contributed by atoms with Gasteiger partial charge < -0.3 is 5.32 Å². The number of hydrogen-bond donors (Lipinski definition) is 1. The highest BCUT2D eigenvalue weighted by molar-refractivity contribution is 5.75. The van der Waals surface area contributed by atoms with E-state index < -0.39 is 0 Å². The van der Waals surface area contributed by atoms with E-state index in [9.17, 15) is 9.59 Å². The van der Waals surface area contributed by atoms with Crippen molar-refractivity contribution in [2.45, 2.75) is 72.4 Å². The lowest BCUT2D eigenvalue weighted by Gasteiger charge is -2.29. The monoisotopic (exact) mass is 319 g/mol. The number of aromatic nitrogens is 2. The van der Waals surface area contributed by atoms with Crippen LogP contribution in [0.3, 0.4) is 0 Å². The summed E-state index contributed by atoms with van der Waals surface area (Å²) < 4.78 is 1.24. The quantitative estimate of drug-likeness (QED) is 0.871. The van der Waals surface area contributed by atoms with E-state index in [0.29, 0.717) is 11.3 Å². The van der Waals surface area contributed by atoms with Crippen molar-refractivity contribution in [2.75, 3.05) is 0 Å². The van der Waals surface area contributed by atoms with E-state index in [1.807, 2.05) is 6.92 Å². The van der Waals surface area contributed by atoms with Crippen molar-refractivity contribution in [3.05, 3.63) is 28.2 Å². The minimum absolute atomic E-state index is 0.000285. The second-order valence-electron chi connectivity index (χ2n) is 7.81. The van der Waals surface area contributed by atoms with Gasteiger partial charge in [0.05, 0.1) is 5.69 Å². The van der Waals surface area contributed by atoms with Crippen molar-refractivity contribution in [3.8, 4) is 0 Å². The molecule has 0 aromatic carbocycles. The number of rotatable bonds is 3. The van der Waals surface area contributed by atoms with Crippen molar-refractivity contribution in [1.29, 1.82) is 0 Å². The van der Waals surface area contributed by atoms with Gasteiger partial charge in [-0.25, -0.2) is 4.68 Å². The Hall–Kier alpha value is -1.65. The molecule has 0 radical (unpaired) electrons. The van der Waals surface area contributed by atoms with Crippen molar-refractivity contribution in [2.24, 2.45) is 11.3 Å². The Labute approximate surface area is 138 Å². The molecule has 2 rings (SSSR count). The second-order valence-corrected chi connectivity index (χ2v) is 7.81. The second kappa shape index (κ2) is 7.28. The first-order valence-corrected chi connectivity index (χ1v) is 8.60. The Morgan fingerprint density at radius 2 is 2.00 bits per heavy atom. The number of nitrogens with one attached hydrogen (secondary N) is 1. The molecule has 1 N–H and O–H groups in total. The molecule has 23 heavy (non-hydrogen) atoms. The molecule has 2 atom stereocenters. The fourth-order valence-corrected chi connectivity index (χ4v) is 3.39. The van der Waals surface area contributed by atoms with Crippen LogP contribution in [-0.2, 0) is 11.3 Å². The maximum absolute atomic E-state index is 12.2. The lowest BCUT2D eigenvalue weighted by molar-refractivity contribution is -0.122. The topological polar surface area (TPSA) is 64.0 Å². The zero-order valence-electron chi connectivity index (χ0n) is 14.8. The van der Waals surface area contributed by atoms with Crippen molar-refractivity contribution in [1.82, 2.24) is 15.1 Å². The maximum atomic E-state index is 12.2. The summed E-state index contributed by atoms with van der Waals surface area (Å²) in [5.41, 5.74) is 0.830. The molecule has 0 spiro atoms. The number of hydrogen-bond acceptors (Lipinski definition) is 3. The highest BCUT2D eigenvalue weighted by Gasteiger charge is 2.28. The van der Waals surface area contributed by atoms with Crippen LogP contribution >= 0.6 is 0 Å². The molecule has 0 aliphatic heterocycles. The smallest absolute Gasteiger partial charge is 0.267 e. The number of aryl methyl sites for hydroxylation is 1. The lowest BCUT2D eigenvalue weighted by Crippen LogP contribution is -2.39. The van der Waals surface area contributed by atoms with E-state index in [4.69, 9.17) is 0 Å². The van der Waals surface area contributed by atoms with Crippen LogP contribution in [0, 0.1) is 18.3 Å². The summed E-state index contributed by atoms with van der Waals surface area (Å²) in [4.78, 5) is 24.0. The van der Waals surface area contributed by atoms with Crippen LogP contribution in [0.25, 0.3) is 0 Å². The van der Waals surface area contributed by atoms with E-state index in [-0.39, 0.29) is 24.1 Å². The molecule has 0 bridgehead atoms. The Morgan fingerprint density at radius 1 is 1.26 bits per heavy atom. The molecule has 1 aliphatic rings. The predicted octanol–water partition coefficient (Wildman–Crippen LogP) is 2.66. The number of nitrogens with zero attached hydrogens (tertiary/aromatic N) is 2. The van der Waals surface area contributed by atoms with Gasteiger partial charge in [-0.15, -0.1) is 0 Å². The van der Waals surface area contributed by atoms with E-state index in [1.165, 1.54) is 17.2 Å². The summed E-state index contributed by atoms with van der Waals surface area (Å²) >= 11 is 0. The number of carbonyl (C=O) groups excluding carboxylic acids is 1. The minimum Gasteiger partial charge on any atom is -0.352 e. The Balaban J connectivity index is 1.90. The third-order valence-electron chi connectivity index (χ3n) is 4.85. The molecule has 5 heteroatoms. The molecule has 1 saturated carbocycles. The van der Waals surface area contributed by atoms with Gasteiger partial charge >= 0.3 is 0 Å². The third-order valence-corrected chi connectivity index (χ3v) is 4.85. The Morgan fingerprint density at radius 3 is 2.70 bits per heavy atom. The number of amides is 1. The van der Waals surface area contributed by atoms with E-state index >= 15 is 0 Å². The molecule has 5 nitrogen and oxygen atoms in total. The Kier molecular flexibility index (Phi) is 5.60. The van der Waals surface area contributed by atoms with Gasteiger partial charge in [0.1, 0.15) is 6.54 Å². The van der Waals surface area contributed by atoms with Crippen LogP contribution in [0.1, 0.15) is 58.6 Å². The molecule has 1 heterocycles. The van der Waals surface area contributed by atoms with Crippen molar-refractivity contribution in [3.63, 3.8) is 0 Å². The first kappa shape index (κ1) is 17.7. The van der Waals surface area contributed by atoms with Gasteiger partial charge in [0.2, 0.25) is 5.91 Å². The average Bonchev–Trinajstić information content (AvgIpc) is 2.68. The van der Waals surface area contributed by atoms with E-state index in [0.717, 1.165) is 31.4 Å². The standard InChI is InChI=1S/C18H29N3O2/c1-13-8-11-17(23)21(20-13)12-16(22)19-15-7-5-6-14(9-10-15)18(2,3)4/h8,11,14-15H,5-7,9-10,12H2,1-4H3,(H,19,22). The van der Waals surface area contributed by atoms with E-state index in [1.54, 1.807) is 6.07 Å². The zero-order chi connectivity index (χ0) is 17.0. The largest absolute Gasteiger partial charge is 0.352 e. The predicted molar refractivity (Wildman–Crippen MR) is 91.2 cm³/mol. The Bertz CT molecular complexity index is 601. The first-order valence-electron chi connectivity index (χ1n) is 8.60. The number of carbonyl (C=O) groups is 1. The molecule has 1 amide bonds. The van der Waals surface area contributed by atoms with Gasteiger partial charge in [0.25, 0.3) is 5.56 Å². The molecule has 1 aromatic heterocycles. The zero-order valence-corrected chi connectivity index (χ0v) is 14.8. The van der Waals surface area contributed by atoms with Gasteiger partial charge in [-0.1, -0.05) is 27.2 Å². The van der Waals surface area contributed by atoms with Crippen LogP contribution < -0.4 is 10.9 Å². The molecule has 0 saturated heterocycles. The maximum Gasteiger partial charge on any atom is 0.267 e. The molecule has 1 aromatic rings. The van der Waals surface area contributed by atoms with Crippen LogP contribution in [0.4, 0.5) is 0 Å². The molecular weight excluding hydrogens is 290 g/mol. The molecule has 1 aliphatic carbocycles. The summed E-state index contributed by atoms with van der Waals surface area (Å²) in [5.74, 6) is 0.592. The summed E-state index contributed by atoms with van der Waals surface area (Å²) in [6.07, 6.45) is 5.57. The third kappa shape index (κ3) is 5.19. The molecular formula is C18H29N3O2. The molecule has 128 valence electrons. The normalized spacial score (nSPS) is 22.4. The SMILES string of the molecule is Cc1ccc(=O)n(CC(=O)NC2CCCC(C(C)(C)C)CC2)n1.